The molecule has 7 heteroatoms. The van der Waals surface area contributed by atoms with Gasteiger partial charge >= 0.3 is 0 Å². The number of hydrogen-bond acceptors (Lipinski definition) is 6. The number of nitrogens with zero attached hydrogens (tertiary/aromatic N) is 2. The summed E-state index contributed by atoms with van der Waals surface area (Å²) in [7, 11) is -3.22. The summed E-state index contributed by atoms with van der Waals surface area (Å²) in [6, 6.07) is 0. The van der Waals surface area contributed by atoms with Crippen LogP contribution in [0.5, 0.6) is 0 Å². The first-order chi connectivity index (χ1) is 9.28. The minimum Gasteiger partial charge on any atom is -0.339 e. The molecule has 0 aliphatic heterocycles. The number of hydrogen-bond donors (Lipinski definition) is 1. The average Bonchev–Trinajstić information content (AvgIpc) is 2.88. The summed E-state index contributed by atoms with van der Waals surface area (Å²) in [5.41, 5.74) is 5.66. The van der Waals surface area contributed by atoms with Crippen molar-refractivity contribution in [3.8, 4) is 0 Å². The van der Waals surface area contributed by atoms with Crippen molar-refractivity contribution < 1.29 is 12.9 Å². The van der Waals surface area contributed by atoms with Crippen LogP contribution in [-0.4, -0.2) is 31.4 Å². The first-order valence-electron chi connectivity index (χ1n) is 7.01. The molecule has 1 heterocycles. The second-order valence-electron chi connectivity index (χ2n) is 6.10. The van der Waals surface area contributed by atoms with Crippen molar-refractivity contribution in [1.29, 1.82) is 0 Å². The summed E-state index contributed by atoms with van der Waals surface area (Å²) in [5, 5.41) is 3.10. The van der Waals surface area contributed by atoms with Gasteiger partial charge in [0.25, 0.3) is 0 Å². The zero-order valence-electron chi connectivity index (χ0n) is 12.3. The molecule has 0 amide bonds. The van der Waals surface area contributed by atoms with Crippen molar-refractivity contribution in [2.45, 2.75) is 50.2 Å². The Hall–Kier alpha value is -0.950. The SMILES string of the molecule is CC1CCC(CN)(c2nc(C(C)S(C)(=O)=O)no2)CC1. The smallest absolute Gasteiger partial charge is 0.234 e. The first-order valence-corrected chi connectivity index (χ1v) is 8.97. The molecule has 0 spiro atoms. The van der Waals surface area contributed by atoms with Gasteiger partial charge in [0.05, 0.1) is 5.41 Å². The molecule has 1 atom stereocenters. The van der Waals surface area contributed by atoms with Gasteiger partial charge in [-0.1, -0.05) is 12.1 Å². The minimum absolute atomic E-state index is 0.231. The molecule has 6 nitrogen and oxygen atoms in total. The van der Waals surface area contributed by atoms with Crippen LogP contribution in [0.4, 0.5) is 0 Å². The Bertz CT molecular complexity index is 559. The Morgan fingerprint density at radius 1 is 1.45 bits per heavy atom. The van der Waals surface area contributed by atoms with Crippen molar-refractivity contribution in [3.63, 3.8) is 0 Å². The molecule has 1 aliphatic rings. The van der Waals surface area contributed by atoms with Crippen LogP contribution < -0.4 is 5.73 Å². The summed E-state index contributed by atoms with van der Waals surface area (Å²) in [6.45, 7) is 4.25. The van der Waals surface area contributed by atoms with Crippen LogP contribution in [0.15, 0.2) is 4.52 Å². The van der Waals surface area contributed by atoms with Crippen LogP contribution >= 0.6 is 0 Å². The Morgan fingerprint density at radius 3 is 2.55 bits per heavy atom. The summed E-state index contributed by atoms with van der Waals surface area (Å²) >= 11 is 0. The molecule has 1 aliphatic carbocycles. The maximum absolute atomic E-state index is 11.6. The van der Waals surface area contributed by atoms with E-state index in [1.165, 1.54) is 6.26 Å². The van der Waals surface area contributed by atoms with E-state index in [4.69, 9.17) is 10.3 Å². The molecule has 20 heavy (non-hydrogen) atoms. The molecule has 1 unspecified atom stereocenters. The topological polar surface area (TPSA) is 99.1 Å². The maximum atomic E-state index is 11.6. The van der Waals surface area contributed by atoms with Gasteiger partial charge in [-0.15, -0.1) is 0 Å². The van der Waals surface area contributed by atoms with Gasteiger partial charge in [0.1, 0.15) is 5.25 Å². The fourth-order valence-corrected chi connectivity index (χ4v) is 3.11. The van der Waals surface area contributed by atoms with Gasteiger partial charge in [0.15, 0.2) is 15.7 Å². The Kier molecular flexibility index (Phi) is 4.20. The molecule has 1 saturated carbocycles. The van der Waals surface area contributed by atoms with Gasteiger partial charge < -0.3 is 10.3 Å². The molecule has 0 radical (unpaired) electrons. The lowest BCUT2D eigenvalue weighted by Crippen LogP contribution is -2.39. The summed E-state index contributed by atoms with van der Waals surface area (Å²) < 4.78 is 28.5. The van der Waals surface area contributed by atoms with Gasteiger partial charge in [-0.3, -0.25) is 0 Å². The third-order valence-electron chi connectivity index (χ3n) is 4.52. The predicted molar refractivity (Wildman–Crippen MR) is 75.9 cm³/mol. The van der Waals surface area contributed by atoms with Crippen molar-refractivity contribution in [1.82, 2.24) is 10.1 Å². The normalized spacial score (nSPS) is 29.3. The summed E-state index contributed by atoms with van der Waals surface area (Å²) in [4.78, 5) is 4.33. The van der Waals surface area contributed by atoms with E-state index in [-0.39, 0.29) is 11.2 Å². The molecular weight excluding hydrogens is 278 g/mol. The van der Waals surface area contributed by atoms with Gasteiger partial charge in [0, 0.05) is 12.8 Å². The van der Waals surface area contributed by atoms with E-state index in [0.29, 0.717) is 18.4 Å². The van der Waals surface area contributed by atoms with Crippen molar-refractivity contribution in [2.24, 2.45) is 11.7 Å². The molecule has 1 aromatic heterocycles. The second-order valence-corrected chi connectivity index (χ2v) is 8.46. The highest BCUT2D eigenvalue weighted by Crippen LogP contribution is 2.40. The Balaban J connectivity index is 2.27. The van der Waals surface area contributed by atoms with Gasteiger partial charge in [-0.25, -0.2) is 8.42 Å². The van der Waals surface area contributed by atoms with Crippen LogP contribution in [0.25, 0.3) is 0 Å². The monoisotopic (exact) mass is 301 g/mol. The molecule has 1 fully saturated rings. The van der Waals surface area contributed by atoms with E-state index in [1.54, 1.807) is 6.92 Å². The summed E-state index contributed by atoms with van der Waals surface area (Å²) in [5.74, 6) is 1.42. The van der Waals surface area contributed by atoms with Gasteiger partial charge in [-0.2, -0.15) is 4.98 Å². The second kappa shape index (κ2) is 5.44. The first kappa shape index (κ1) is 15.4. The fourth-order valence-electron chi connectivity index (χ4n) is 2.63. The number of rotatable bonds is 4. The quantitative estimate of drug-likeness (QED) is 0.906. The van der Waals surface area contributed by atoms with Crippen LogP contribution in [0.2, 0.25) is 0 Å². The van der Waals surface area contributed by atoms with Crippen LogP contribution in [0.1, 0.15) is 56.5 Å². The van der Waals surface area contributed by atoms with E-state index in [2.05, 4.69) is 17.1 Å². The highest BCUT2D eigenvalue weighted by atomic mass is 32.2. The summed E-state index contributed by atoms with van der Waals surface area (Å²) in [6.07, 6.45) is 5.17. The molecular formula is C13H23N3O3S. The molecule has 0 saturated heterocycles. The number of nitrogens with two attached hydrogens (primary N) is 1. The van der Waals surface area contributed by atoms with Crippen molar-refractivity contribution in [3.05, 3.63) is 11.7 Å². The zero-order valence-corrected chi connectivity index (χ0v) is 13.1. The molecule has 1 aromatic rings. The van der Waals surface area contributed by atoms with E-state index < -0.39 is 15.1 Å². The van der Waals surface area contributed by atoms with Crippen molar-refractivity contribution >= 4 is 9.84 Å². The lowest BCUT2D eigenvalue weighted by Gasteiger charge is -2.35. The van der Waals surface area contributed by atoms with Crippen LogP contribution in [0.3, 0.4) is 0 Å². The molecule has 114 valence electrons. The molecule has 0 bridgehead atoms. The minimum atomic E-state index is -3.22. The predicted octanol–water partition coefficient (Wildman–Crippen LogP) is 1.58. The highest BCUT2D eigenvalue weighted by molar-refractivity contribution is 7.90. The average molecular weight is 301 g/mol. The van der Waals surface area contributed by atoms with E-state index in [0.717, 1.165) is 25.7 Å². The third-order valence-corrected chi connectivity index (χ3v) is 6.02. The number of aromatic nitrogens is 2. The van der Waals surface area contributed by atoms with Gasteiger partial charge in [-0.05, 0) is 38.5 Å². The standard InChI is InChI=1S/C13H23N3O3S/c1-9-4-6-13(8-14,7-5-9)12-15-11(16-19-12)10(2)20(3,17)18/h9-10H,4-8,14H2,1-3H3. The molecule has 2 rings (SSSR count). The number of sulfone groups is 1. The maximum Gasteiger partial charge on any atom is 0.234 e. The van der Waals surface area contributed by atoms with Gasteiger partial charge in [0.2, 0.25) is 5.89 Å². The zero-order chi connectivity index (χ0) is 15.0. The van der Waals surface area contributed by atoms with Crippen LogP contribution in [0, 0.1) is 5.92 Å². The highest BCUT2D eigenvalue weighted by Gasteiger charge is 2.40. The van der Waals surface area contributed by atoms with Crippen molar-refractivity contribution in [2.75, 3.05) is 12.8 Å². The van der Waals surface area contributed by atoms with Crippen LogP contribution in [-0.2, 0) is 15.3 Å². The fraction of sp³-hybridized carbons (Fsp3) is 0.846. The van der Waals surface area contributed by atoms with E-state index in [9.17, 15) is 8.42 Å². The largest absolute Gasteiger partial charge is 0.339 e. The third kappa shape index (κ3) is 2.88. The lowest BCUT2D eigenvalue weighted by atomic mass is 9.71. The van der Waals surface area contributed by atoms with E-state index in [1.807, 2.05) is 0 Å². The molecule has 2 N–H and O–H groups in total. The Labute approximate surface area is 120 Å². The lowest BCUT2D eigenvalue weighted by molar-refractivity contribution is 0.191. The van der Waals surface area contributed by atoms with E-state index >= 15 is 0 Å². The molecule has 0 aromatic carbocycles. The Morgan fingerprint density at radius 2 is 2.05 bits per heavy atom.